The van der Waals surface area contributed by atoms with Crippen LogP contribution in [0.4, 0.5) is 4.39 Å². The Morgan fingerprint density at radius 2 is 2.00 bits per heavy atom. The van der Waals surface area contributed by atoms with Gasteiger partial charge in [0.25, 0.3) is 0 Å². The highest BCUT2D eigenvalue weighted by molar-refractivity contribution is 5.85. The van der Waals surface area contributed by atoms with Crippen molar-refractivity contribution in [3.63, 3.8) is 0 Å². The summed E-state index contributed by atoms with van der Waals surface area (Å²) in [4.78, 5) is 4.40. The van der Waals surface area contributed by atoms with E-state index in [1.54, 1.807) is 18.3 Å². The summed E-state index contributed by atoms with van der Waals surface area (Å²) in [7, 11) is 0. The number of aliphatic imine (C=N–C) groups is 1. The third kappa shape index (κ3) is 3.98. The first-order chi connectivity index (χ1) is 8.34. The molecule has 0 saturated heterocycles. The second kappa shape index (κ2) is 6.13. The highest BCUT2D eigenvalue weighted by Gasteiger charge is 2.01. The fraction of sp³-hybridized carbons (Fsp3) is 0.385. The van der Waals surface area contributed by atoms with Gasteiger partial charge in [-0.15, -0.1) is 0 Å². The summed E-state index contributed by atoms with van der Waals surface area (Å²) in [5.74, 6) is 0.712. The van der Waals surface area contributed by atoms with Crippen molar-refractivity contribution in [3.05, 3.63) is 35.6 Å². The maximum atomic E-state index is 12.7. The molecule has 1 aromatic rings. The standard InChI is InChI=1S/C13H16FN3/c14-12-7-5-11(6-8-12)10-16-17-13-4-2-1-3-9-15-13/h5-8,10H,1-4,9H2,(H,15,17)/b16-10+. The van der Waals surface area contributed by atoms with Crippen molar-refractivity contribution in [2.45, 2.75) is 25.7 Å². The van der Waals surface area contributed by atoms with Crippen LogP contribution in [0.3, 0.4) is 0 Å². The summed E-state index contributed by atoms with van der Waals surface area (Å²) < 4.78 is 12.7. The molecule has 0 fully saturated rings. The Morgan fingerprint density at radius 3 is 2.82 bits per heavy atom. The summed E-state index contributed by atoms with van der Waals surface area (Å²) in [5.41, 5.74) is 3.82. The van der Waals surface area contributed by atoms with E-state index in [1.807, 2.05) is 0 Å². The van der Waals surface area contributed by atoms with Crippen LogP contribution < -0.4 is 5.43 Å². The van der Waals surface area contributed by atoms with Crippen molar-refractivity contribution in [2.24, 2.45) is 10.1 Å². The number of amidine groups is 1. The summed E-state index contributed by atoms with van der Waals surface area (Å²) >= 11 is 0. The summed E-state index contributed by atoms with van der Waals surface area (Å²) in [6.07, 6.45) is 6.19. The van der Waals surface area contributed by atoms with E-state index in [-0.39, 0.29) is 5.82 Å². The molecule has 2 rings (SSSR count). The van der Waals surface area contributed by atoms with Gasteiger partial charge in [0, 0.05) is 13.0 Å². The first-order valence-electron chi connectivity index (χ1n) is 5.92. The van der Waals surface area contributed by atoms with Crippen molar-refractivity contribution in [2.75, 3.05) is 6.54 Å². The lowest BCUT2D eigenvalue weighted by Crippen LogP contribution is -2.17. The molecule has 90 valence electrons. The fourth-order valence-electron chi connectivity index (χ4n) is 1.70. The van der Waals surface area contributed by atoms with Gasteiger partial charge >= 0.3 is 0 Å². The second-order valence-electron chi connectivity index (χ2n) is 4.06. The minimum absolute atomic E-state index is 0.233. The second-order valence-corrected chi connectivity index (χ2v) is 4.06. The molecule has 1 N–H and O–H groups in total. The number of hydrazone groups is 1. The first-order valence-corrected chi connectivity index (χ1v) is 5.92. The lowest BCUT2D eigenvalue weighted by molar-refractivity contribution is 0.628. The normalized spacial score (nSPS) is 16.6. The van der Waals surface area contributed by atoms with Gasteiger partial charge in [-0.05, 0) is 30.5 Å². The minimum atomic E-state index is -0.233. The SMILES string of the molecule is Fc1ccc(/C=N/NC2=NCCCCC2)cc1. The Morgan fingerprint density at radius 1 is 1.18 bits per heavy atom. The topological polar surface area (TPSA) is 36.8 Å². The Hall–Kier alpha value is -1.71. The van der Waals surface area contributed by atoms with Crippen molar-refractivity contribution in [1.29, 1.82) is 0 Å². The number of hydrogen-bond acceptors (Lipinski definition) is 3. The Labute approximate surface area is 100 Å². The molecule has 0 amide bonds. The molecule has 0 saturated carbocycles. The number of rotatable bonds is 2. The molecule has 3 nitrogen and oxygen atoms in total. The van der Waals surface area contributed by atoms with Gasteiger partial charge in [-0.1, -0.05) is 18.6 Å². The van der Waals surface area contributed by atoms with Gasteiger partial charge in [-0.3, -0.25) is 10.4 Å². The van der Waals surface area contributed by atoms with Gasteiger partial charge in [0.1, 0.15) is 11.7 Å². The number of hydrogen-bond donors (Lipinski definition) is 1. The maximum Gasteiger partial charge on any atom is 0.123 e. The van der Waals surface area contributed by atoms with Crippen LogP contribution in [0.25, 0.3) is 0 Å². The molecule has 0 aliphatic carbocycles. The van der Waals surface area contributed by atoms with Gasteiger partial charge in [-0.25, -0.2) is 4.39 Å². The quantitative estimate of drug-likeness (QED) is 0.619. The van der Waals surface area contributed by atoms with E-state index in [0.717, 1.165) is 37.2 Å². The number of nitrogens with one attached hydrogen (secondary N) is 1. The van der Waals surface area contributed by atoms with Crippen LogP contribution in [0.1, 0.15) is 31.2 Å². The van der Waals surface area contributed by atoms with E-state index < -0.39 is 0 Å². The van der Waals surface area contributed by atoms with Crippen LogP contribution in [0.2, 0.25) is 0 Å². The zero-order valence-corrected chi connectivity index (χ0v) is 9.69. The van der Waals surface area contributed by atoms with Crippen LogP contribution in [0.15, 0.2) is 34.4 Å². The van der Waals surface area contributed by atoms with E-state index in [2.05, 4.69) is 15.5 Å². The zero-order chi connectivity index (χ0) is 11.9. The lowest BCUT2D eigenvalue weighted by atomic mass is 10.2. The van der Waals surface area contributed by atoms with Crippen LogP contribution >= 0.6 is 0 Å². The van der Waals surface area contributed by atoms with E-state index >= 15 is 0 Å². The van der Waals surface area contributed by atoms with E-state index in [0.29, 0.717) is 0 Å². The summed E-state index contributed by atoms with van der Waals surface area (Å²) in [6, 6.07) is 6.22. The van der Waals surface area contributed by atoms with Gasteiger partial charge in [0.15, 0.2) is 0 Å². The Balaban J connectivity index is 1.88. The van der Waals surface area contributed by atoms with Crippen LogP contribution in [0, 0.1) is 5.82 Å². The van der Waals surface area contributed by atoms with E-state index in [9.17, 15) is 4.39 Å². The number of nitrogens with zero attached hydrogens (tertiary/aromatic N) is 2. The number of halogens is 1. The van der Waals surface area contributed by atoms with Crippen molar-refractivity contribution in [3.8, 4) is 0 Å². The monoisotopic (exact) mass is 233 g/mol. The molecular weight excluding hydrogens is 217 g/mol. The summed E-state index contributed by atoms with van der Waals surface area (Å²) in [6.45, 7) is 0.883. The molecule has 1 aliphatic heterocycles. The van der Waals surface area contributed by atoms with E-state index in [4.69, 9.17) is 0 Å². The smallest absolute Gasteiger partial charge is 0.123 e. The number of benzene rings is 1. The zero-order valence-electron chi connectivity index (χ0n) is 9.69. The molecule has 1 aromatic carbocycles. The first kappa shape index (κ1) is 11.8. The third-order valence-electron chi connectivity index (χ3n) is 2.65. The molecule has 0 spiro atoms. The van der Waals surface area contributed by atoms with Gasteiger partial charge in [0.05, 0.1) is 6.21 Å². The van der Waals surface area contributed by atoms with Crippen molar-refractivity contribution >= 4 is 12.1 Å². The van der Waals surface area contributed by atoms with Crippen LogP contribution in [0.5, 0.6) is 0 Å². The molecular formula is C13H16FN3. The molecule has 17 heavy (non-hydrogen) atoms. The highest BCUT2D eigenvalue weighted by Crippen LogP contribution is 2.06. The van der Waals surface area contributed by atoms with E-state index in [1.165, 1.54) is 18.6 Å². The molecule has 0 unspecified atom stereocenters. The minimum Gasteiger partial charge on any atom is -0.271 e. The van der Waals surface area contributed by atoms with Gasteiger partial charge in [-0.2, -0.15) is 5.10 Å². The molecule has 1 heterocycles. The van der Waals surface area contributed by atoms with Crippen LogP contribution in [-0.4, -0.2) is 18.6 Å². The average Bonchev–Trinajstić information content (AvgIpc) is 2.60. The Bertz CT molecular complexity index is 409. The van der Waals surface area contributed by atoms with Crippen LogP contribution in [-0.2, 0) is 0 Å². The predicted octanol–water partition coefficient (Wildman–Crippen LogP) is 2.72. The Kier molecular flexibility index (Phi) is 4.24. The molecule has 0 atom stereocenters. The lowest BCUT2D eigenvalue weighted by Gasteiger charge is -2.01. The van der Waals surface area contributed by atoms with Gasteiger partial charge in [0.2, 0.25) is 0 Å². The van der Waals surface area contributed by atoms with Gasteiger partial charge < -0.3 is 0 Å². The largest absolute Gasteiger partial charge is 0.271 e. The molecule has 0 aromatic heterocycles. The molecule has 0 radical (unpaired) electrons. The highest BCUT2D eigenvalue weighted by atomic mass is 19.1. The predicted molar refractivity (Wildman–Crippen MR) is 67.9 cm³/mol. The van der Waals surface area contributed by atoms with Crippen molar-refractivity contribution in [1.82, 2.24) is 5.43 Å². The molecule has 4 heteroatoms. The molecule has 1 aliphatic rings. The van der Waals surface area contributed by atoms with Crippen molar-refractivity contribution < 1.29 is 4.39 Å². The maximum absolute atomic E-state index is 12.7. The molecule has 0 bridgehead atoms. The third-order valence-corrected chi connectivity index (χ3v) is 2.65. The fourth-order valence-corrected chi connectivity index (χ4v) is 1.70. The summed E-state index contributed by atoms with van der Waals surface area (Å²) in [5, 5.41) is 4.11. The average molecular weight is 233 g/mol.